The molecule has 0 aliphatic carbocycles. The molecule has 1 N–H and O–H groups in total. The Morgan fingerprint density at radius 1 is 0.742 bits per heavy atom. The lowest BCUT2D eigenvalue weighted by molar-refractivity contribution is -0.112. The summed E-state index contributed by atoms with van der Waals surface area (Å²) in [4.78, 5) is 13.1. The largest absolute Gasteiger partial charge is 0.493 e. The van der Waals surface area contributed by atoms with Crippen molar-refractivity contribution in [2.24, 2.45) is 0 Å². The van der Waals surface area contributed by atoms with Gasteiger partial charge in [0.2, 0.25) is 0 Å². The molecule has 8 heteroatoms. The van der Waals surface area contributed by atoms with E-state index in [-0.39, 0.29) is 5.78 Å². The molecule has 1 heterocycles. The highest BCUT2D eigenvalue weighted by Gasteiger charge is 2.22. The maximum Gasteiger partial charge on any atom is 0.187 e. The van der Waals surface area contributed by atoms with Gasteiger partial charge in [-0.1, -0.05) is 23.2 Å². The number of carbonyl (C=O) groups excluding carboxylic acids is 1. The molecule has 2 aromatic carbocycles. The zero-order chi connectivity index (χ0) is 22.5. The molecule has 0 radical (unpaired) electrons. The molecule has 1 aliphatic rings. The van der Waals surface area contributed by atoms with Gasteiger partial charge in [0.25, 0.3) is 0 Å². The number of piperidine rings is 1. The van der Waals surface area contributed by atoms with Crippen molar-refractivity contribution in [3.63, 3.8) is 0 Å². The fourth-order valence-electron chi connectivity index (χ4n) is 3.34. The van der Waals surface area contributed by atoms with Gasteiger partial charge >= 0.3 is 0 Å². The highest BCUT2D eigenvalue weighted by atomic mass is 35.5. The molecule has 1 aliphatic heterocycles. The fraction of sp³-hybridized carbons (Fsp3) is 0.261. The van der Waals surface area contributed by atoms with E-state index in [4.69, 9.17) is 42.1 Å². The molecular formula is C23H23Cl2NO5. The average Bonchev–Trinajstić information content (AvgIpc) is 2.78. The maximum absolute atomic E-state index is 13.1. The third kappa shape index (κ3) is 4.66. The fourth-order valence-corrected chi connectivity index (χ4v) is 3.91. The van der Waals surface area contributed by atoms with E-state index in [1.54, 1.807) is 36.4 Å². The number of benzene rings is 2. The lowest BCUT2D eigenvalue weighted by atomic mass is 9.95. The number of rotatable bonds is 6. The first-order valence-electron chi connectivity index (χ1n) is 9.42. The monoisotopic (exact) mass is 463 g/mol. The Labute approximate surface area is 191 Å². The van der Waals surface area contributed by atoms with Crippen LogP contribution in [-0.2, 0) is 4.79 Å². The average molecular weight is 464 g/mol. The van der Waals surface area contributed by atoms with E-state index in [1.807, 2.05) is 0 Å². The van der Waals surface area contributed by atoms with Gasteiger partial charge in [-0.15, -0.1) is 0 Å². The molecule has 3 rings (SSSR count). The first-order chi connectivity index (χ1) is 14.9. The lowest BCUT2D eigenvalue weighted by Gasteiger charge is -2.19. The quantitative estimate of drug-likeness (QED) is 0.627. The molecule has 0 bridgehead atoms. The van der Waals surface area contributed by atoms with E-state index in [2.05, 4.69) is 5.32 Å². The van der Waals surface area contributed by atoms with Crippen molar-refractivity contribution in [3.8, 4) is 23.0 Å². The molecule has 0 spiro atoms. The molecule has 1 saturated heterocycles. The standard InChI is InChI=1S/C23H23Cl2NO5/c1-28-17-7-5-13(19(24)22(17)30-3)9-15-11-26-12-16(21(15)27)10-14-6-8-18(29-2)23(31-4)20(14)25/h5-10,26H,11-12H2,1-4H3. The third-order valence-corrected chi connectivity index (χ3v) is 5.68. The van der Waals surface area contributed by atoms with Crippen molar-refractivity contribution in [1.82, 2.24) is 5.32 Å². The van der Waals surface area contributed by atoms with Crippen LogP contribution in [0, 0.1) is 0 Å². The van der Waals surface area contributed by atoms with Gasteiger partial charge in [0.1, 0.15) is 0 Å². The van der Waals surface area contributed by atoms with Crippen LogP contribution >= 0.6 is 23.2 Å². The molecule has 2 aromatic rings. The van der Waals surface area contributed by atoms with Crippen molar-refractivity contribution in [2.75, 3.05) is 41.5 Å². The van der Waals surface area contributed by atoms with Gasteiger partial charge < -0.3 is 24.3 Å². The summed E-state index contributed by atoms with van der Waals surface area (Å²) in [7, 11) is 6.11. The maximum atomic E-state index is 13.1. The molecule has 164 valence electrons. The molecule has 31 heavy (non-hydrogen) atoms. The molecular weight excluding hydrogens is 441 g/mol. The van der Waals surface area contributed by atoms with Crippen molar-refractivity contribution in [1.29, 1.82) is 0 Å². The first kappa shape index (κ1) is 23.0. The minimum Gasteiger partial charge on any atom is -0.493 e. The number of Topliss-reactive ketones (excluding diaryl/α,β-unsaturated/α-hetero) is 1. The summed E-state index contributed by atoms with van der Waals surface area (Å²) < 4.78 is 21.2. The van der Waals surface area contributed by atoms with Gasteiger partial charge in [-0.2, -0.15) is 0 Å². The van der Waals surface area contributed by atoms with Crippen LogP contribution in [0.4, 0.5) is 0 Å². The minimum atomic E-state index is -0.0875. The Bertz CT molecular complexity index is 981. The van der Waals surface area contributed by atoms with E-state index < -0.39 is 0 Å². The molecule has 1 fully saturated rings. The van der Waals surface area contributed by atoms with E-state index in [9.17, 15) is 4.79 Å². The van der Waals surface area contributed by atoms with Crippen molar-refractivity contribution >= 4 is 41.1 Å². The number of methoxy groups -OCH3 is 4. The van der Waals surface area contributed by atoms with Gasteiger partial charge in [-0.25, -0.2) is 0 Å². The molecule has 0 aromatic heterocycles. The van der Waals surface area contributed by atoms with E-state index >= 15 is 0 Å². The lowest BCUT2D eigenvalue weighted by Crippen LogP contribution is -2.32. The zero-order valence-electron chi connectivity index (χ0n) is 17.7. The normalized spacial score (nSPS) is 16.5. The van der Waals surface area contributed by atoms with Gasteiger partial charge in [-0.3, -0.25) is 4.79 Å². The van der Waals surface area contributed by atoms with Crippen LogP contribution in [0.3, 0.4) is 0 Å². The highest BCUT2D eigenvalue weighted by molar-refractivity contribution is 6.34. The zero-order valence-corrected chi connectivity index (χ0v) is 19.2. The summed E-state index contributed by atoms with van der Waals surface area (Å²) in [6.45, 7) is 0.834. The molecule has 0 atom stereocenters. The Kier molecular flexibility index (Phi) is 7.49. The Morgan fingerprint density at radius 3 is 1.52 bits per heavy atom. The number of hydrogen-bond acceptors (Lipinski definition) is 6. The number of carbonyl (C=O) groups is 1. The van der Waals surface area contributed by atoms with Crippen LogP contribution in [0.15, 0.2) is 35.4 Å². The first-order valence-corrected chi connectivity index (χ1v) is 10.2. The van der Waals surface area contributed by atoms with Crippen LogP contribution in [-0.4, -0.2) is 47.3 Å². The van der Waals surface area contributed by atoms with Crippen LogP contribution in [0.5, 0.6) is 23.0 Å². The Hall–Kier alpha value is -2.67. The van der Waals surface area contributed by atoms with Crippen LogP contribution in [0.25, 0.3) is 12.2 Å². The minimum absolute atomic E-state index is 0.0875. The SMILES string of the molecule is COc1ccc(C=C2CNCC(=Cc3ccc(OC)c(OC)c3Cl)C2=O)c(Cl)c1OC. The summed E-state index contributed by atoms with van der Waals surface area (Å²) in [6.07, 6.45) is 3.51. The molecule has 0 amide bonds. The van der Waals surface area contributed by atoms with Crippen molar-refractivity contribution in [3.05, 3.63) is 56.6 Å². The Morgan fingerprint density at radius 2 is 1.16 bits per heavy atom. The second kappa shape index (κ2) is 10.1. The smallest absolute Gasteiger partial charge is 0.187 e. The predicted molar refractivity (Wildman–Crippen MR) is 123 cm³/mol. The second-order valence-electron chi connectivity index (χ2n) is 6.68. The summed E-state index contributed by atoms with van der Waals surface area (Å²) in [5.74, 6) is 1.79. The topological polar surface area (TPSA) is 66.0 Å². The van der Waals surface area contributed by atoms with Crippen LogP contribution in [0.2, 0.25) is 10.0 Å². The van der Waals surface area contributed by atoms with Gasteiger partial charge in [-0.05, 0) is 47.5 Å². The highest BCUT2D eigenvalue weighted by Crippen LogP contribution is 2.39. The van der Waals surface area contributed by atoms with Gasteiger partial charge in [0, 0.05) is 24.2 Å². The van der Waals surface area contributed by atoms with Gasteiger partial charge in [0.05, 0.1) is 38.5 Å². The number of ketones is 1. The van der Waals surface area contributed by atoms with Crippen LogP contribution in [0.1, 0.15) is 11.1 Å². The number of nitrogens with one attached hydrogen (secondary N) is 1. The van der Waals surface area contributed by atoms with E-state index in [0.29, 0.717) is 68.4 Å². The van der Waals surface area contributed by atoms with Crippen molar-refractivity contribution in [2.45, 2.75) is 0 Å². The number of halogens is 2. The third-order valence-electron chi connectivity index (χ3n) is 4.90. The summed E-state index contributed by atoms with van der Waals surface area (Å²) in [6, 6.07) is 7.07. The predicted octanol–water partition coefficient (Wildman–Crippen LogP) is 4.67. The van der Waals surface area contributed by atoms with Gasteiger partial charge in [0.15, 0.2) is 28.8 Å². The Balaban J connectivity index is 1.98. The number of ether oxygens (including phenoxy) is 4. The summed E-state index contributed by atoms with van der Waals surface area (Å²) in [5, 5.41) is 3.99. The number of hydrogen-bond donors (Lipinski definition) is 1. The summed E-state index contributed by atoms with van der Waals surface area (Å²) in [5.41, 5.74) is 2.47. The van der Waals surface area contributed by atoms with Crippen molar-refractivity contribution < 1.29 is 23.7 Å². The molecule has 0 saturated carbocycles. The van der Waals surface area contributed by atoms with Crippen LogP contribution < -0.4 is 24.3 Å². The second-order valence-corrected chi connectivity index (χ2v) is 7.44. The summed E-state index contributed by atoms with van der Waals surface area (Å²) >= 11 is 12.9. The van der Waals surface area contributed by atoms with E-state index in [0.717, 1.165) is 0 Å². The van der Waals surface area contributed by atoms with E-state index in [1.165, 1.54) is 28.4 Å². The molecule has 0 unspecified atom stereocenters. The molecule has 6 nitrogen and oxygen atoms in total.